The Morgan fingerprint density at radius 3 is 2.88 bits per heavy atom. The minimum atomic E-state index is 0.455. The maximum Gasteiger partial charge on any atom is 0.105 e. The molecule has 0 radical (unpaired) electrons. The molecule has 0 aliphatic carbocycles. The maximum absolute atomic E-state index is 5.50. The molecular weight excluding hydrogens is 214 g/mol. The average molecular weight is 239 g/mol. The smallest absolute Gasteiger partial charge is 0.105 e. The lowest BCUT2D eigenvalue weighted by molar-refractivity contribution is 0.128. The van der Waals surface area contributed by atoms with Gasteiger partial charge in [0.05, 0.1) is 6.26 Å². The highest BCUT2D eigenvalue weighted by atomic mass is 16.5. The second-order valence-electron chi connectivity index (χ2n) is 4.46. The highest BCUT2D eigenvalue weighted by molar-refractivity contribution is 4.99. The Morgan fingerprint density at radius 1 is 1.35 bits per heavy atom. The van der Waals surface area contributed by atoms with Crippen LogP contribution < -0.4 is 5.32 Å². The Balaban J connectivity index is 1.92. The van der Waals surface area contributed by atoms with Gasteiger partial charge in [-0.15, -0.1) is 0 Å². The zero-order valence-corrected chi connectivity index (χ0v) is 11.1. The van der Waals surface area contributed by atoms with Crippen molar-refractivity contribution in [3.63, 3.8) is 0 Å². The topological polar surface area (TPSA) is 34.4 Å². The van der Waals surface area contributed by atoms with E-state index >= 15 is 0 Å². The summed E-state index contributed by atoms with van der Waals surface area (Å²) in [5, 5.41) is 3.47. The summed E-state index contributed by atoms with van der Waals surface area (Å²) in [5.74, 6) is 1.05. The average Bonchev–Trinajstić information content (AvgIpc) is 2.80. The summed E-state index contributed by atoms with van der Waals surface area (Å²) < 4.78 is 10.8. The summed E-state index contributed by atoms with van der Waals surface area (Å²) in [7, 11) is 0. The van der Waals surface area contributed by atoms with E-state index < -0.39 is 0 Å². The molecule has 0 bridgehead atoms. The van der Waals surface area contributed by atoms with E-state index in [-0.39, 0.29) is 0 Å². The molecule has 1 unspecified atom stereocenters. The van der Waals surface area contributed by atoms with E-state index in [0.29, 0.717) is 6.04 Å². The lowest BCUT2D eigenvalue weighted by Crippen LogP contribution is -2.29. The molecule has 1 heterocycles. The van der Waals surface area contributed by atoms with Gasteiger partial charge in [-0.25, -0.2) is 0 Å². The van der Waals surface area contributed by atoms with E-state index in [4.69, 9.17) is 9.15 Å². The molecule has 3 nitrogen and oxygen atoms in total. The number of hydrogen-bond donors (Lipinski definition) is 1. The van der Waals surface area contributed by atoms with E-state index in [2.05, 4.69) is 19.2 Å². The third kappa shape index (κ3) is 7.18. The Kier molecular flexibility index (Phi) is 7.76. The molecule has 0 aromatic carbocycles. The molecule has 1 aromatic heterocycles. The molecule has 0 saturated carbocycles. The summed E-state index contributed by atoms with van der Waals surface area (Å²) in [4.78, 5) is 0. The van der Waals surface area contributed by atoms with E-state index in [1.54, 1.807) is 6.26 Å². The van der Waals surface area contributed by atoms with Gasteiger partial charge >= 0.3 is 0 Å². The number of furan rings is 1. The highest BCUT2D eigenvalue weighted by Crippen LogP contribution is 2.03. The first-order valence-corrected chi connectivity index (χ1v) is 6.66. The number of rotatable bonds is 10. The summed E-state index contributed by atoms with van der Waals surface area (Å²) in [6, 6.07) is 4.41. The van der Waals surface area contributed by atoms with Crippen LogP contribution >= 0.6 is 0 Å². The predicted octanol–water partition coefficient (Wildman–Crippen LogP) is 3.01. The number of unbranched alkanes of at least 4 members (excludes halogenated alkanes) is 1. The van der Waals surface area contributed by atoms with Crippen molar-refractivity contribution in [2.45, 2.75) is 45.6 Å². The van der Waals surface area contributed by atoms with Gasteiger partial charge in [0.1, 0.15) is 5.76 Å². The fourth-order valence-electron chi connectivity index (χ4n) is 1.67. The van der Waals surface area contributed by atoms with Gasteiger partial charge in [0, 0.05) is 25.7 Å². The molecule has 17 heavy (non-hydrogen) atoms. The Morgan fingerprint density at radius 2 is 2.18 bits per heavy atom. The second kappa shape index (κ2) is 9.25. The lowest BCUT2D eigenvalue weighted by atomic mass is 10.2. The quantitative estimate of drug-likeness (QED) is 0.637. The SMILES string of the molecule is CCCCOCCCNC(C)Cc1ccco1. The second-order valence-corrected chi connectivity index (χ2v) is 4.46. The van der Waals surface area contributed by atoms with Gasteiger partial charge < -0.3 is 14.5 Å². The summed E-state index contributed by atoms with van der Waals surface area (Å²) >= 11 is 0. The standard InChI is InChI=1S/C14H25NO2/c1-3-4-9-16-10-6-8-15-13(2)12-14-7-5-11-17-14/h5,7,11,13,15H,3-4,6,8-10,12H2,1-2H3. The van der Waals surface area contributed by atoms with Crippen LogP contribution in [0.15, 0.2) is 22.8 Å². The fourth-order valence-corrected chi connectivity index (χ4v) is 1.67. The van der Waals surface area contributed by atoms with E-state index in [9.17, 15) is 0 Å². The van der Waals surface area contributed by atoms with Crippen molar-refractivity contribution in [2.24, 2.45) is 0 Å². The van der Waals surface area contributed by atoms with Gasteiger partial charge in [-0.1, -0.05) is 13.3 Å². The minimum Gasteiger partial charge on any atom is -0.469 e. The maximum atomic E-state index is 5.50. The molecule has 1 rings (SSSR count). The molecule has 0 aliphatic rings. The molecular formula is C14H25NO2. The molecule has 0 spiro atoms. The number of hydrogen-bond acceptors (Lipinski definition) is 3. The number of ether oxygens (including phenoxy) is 1. The van der Waals surface area contributed by atoms with Crippen molar-refractivity contribution in [3.05, 3.63) is 24.2 Å². The first-order chi connectivity index (χ1) is 8.33. The minimum absolute atomic E-state index is 0.455. The fraction of sp³-hybridized carbons (Fsp3) is 0.714. The third-order valence-corrected chi connectivity index (χ3v) is 2.69. The number of nitrogens with one attached hydrogen (secondary N) is 1. The zero-order valence-electron chi connectivity index (χ0n) is 11.1. The highest BCUT2D eigenvalue weighted by Gasteiger charge is 2.04. The van der Waals surface area contributed by atoms with Gasteiger partial charge in [0.2, 0.25) is 0 Å². The Hall–Kier alpha value is -0.800. The van der Waals surface area contributed by atoms with Crippen molar-refractivity contribution in [1.29, 1.82) is 0 Å². The van der Waals surface area contributed by atoms with Gasteiger partial charge in [0.15, 0.2) is 0 Å². The van der Waals surface area contributed by atoms with Crippen LogP contribution in [0.1, 0.15) is 38.9 Å². The molecule has 0 saturated heterocycles. The first kappa shape index (κ1) is 14.3. The van der Waals surface area contributed by atoms with E-state index in [1.165, 1.54) is 12.8 Å². The molecule has 0 amide bonds. The monoisotopic (exact) mass is 239 g/mol. The van der Waals surface area contributed by atoms with Gasteiger partial charge in [-0.3, -0.25) is 0 Å². The van der Waals surface area contributed by atoms with Gasteiger partial charge in [0.25, 0.3) is 0 Å². The molecule has 0 fully saturated rings. The lowest BCUT2D eigenvalue weighted by Gasteiger charge is -2.12. The first-order valence-electron chi connectivity index (χ1n) is 6.66. The van der Waals surface area contributed by atoms with E-state index in [1.807, 2.05) is 12.1 Å². The van der Waals surface area contributed by atoms with E-state index in [0.717, 1.165) is 38.4 Å². The largest absolute Gasteiger partial charge is 0.469 e. The molecule has 1 aromatic rings. The van der Waals surface area contributed by atoms with Crippen molar-refractivity contribution < 1.29 is 9.15 Å². The molecule has 98 valence electrons. The van der Waals surface area contributed by atoms with Crippen LogP contribution in [0.2, 0.25) is 0 Å². The van der Waals surface area contributed by atoms with Crippen molar-refractivity contribution in [3.8, 4) is 0 Å². The van der Waals surface area contributed by atoms with Crippen LogP contribution in [0.5, 0.6) is 0 Å². The van der Waals surface area contributed by atoms with Crippen LogP contribution in [0.3, 0.4) is 0 Å². The zero-order chi connectivity index (χ0) is 12.3. The summed E-state index contributed by atoms with van der Waals surface area (Å²) in [5.41, 5.74) is 0. The molecule has 1 atom stereocenters. The predicted molar refractivity (Wildman–Crippen MR) is 70.2 cm³/mol. The van der Waals surface area contributed by atoms with Crippen molar-refractivity contribution in [2.75, 3.05) is 19.8 Å². The van der Waals surface area contributed by atoms with Crippen LogP contribution in [0, 0.1) is 0 Å². The molecule has 1 N–H and O–H groups in total. The van der Waals surface area contributed by atoms with Crippen LogP contribution in [0.25, 0.3) is 0 Å². The summed E-state index contributed by atoms with van der Waals surface area (Å²) in [6.45, 7) is 7.13. The van der Waals surface area contributed by atoms with Crippen LogP contribution in [-0.2, 0) is 11.2 Å². The normalized spacial score (nSPS) is 12.8. The van der Waals surface area contributed by atoms with Crippen LogP contribution in [-0.4, -0.2) is 25.8 Å². The van der Waals surface area contributed by atoms with Gasteiger partial charge in [-0.2, -0.15) is 0 Å². The van der Waals surface area contributed by atoms with Crippen molar-refractivity contribution >= 4 is 0 Å². The van der Waals surface area contributed by atoms with Gasteiger partial charge in [-0.05, 0) is 38.4 Å². The Bertz CT molecular complexity index is 259. The summed E-state index contributed by atoms with van der Waals surface area (Å²) in [6.07, 6.45) is 6.13. The van der Waals surface area contributed by atoms with Crippen molar-refractivity contribution in [1.82, 2.24) is 5.32 Å². The Labute approximate surface area is 105 Å². The third-order valence-electron chi connectivity index (χ3n) is 2.69. The molecule has 0 aliphatic heterocycles. The molecule has 3 heteroatoms. The van der Waals surface area contributed by atoms with Crippen LogP contribution in [0.4, 0.5) is 0 Å².